The molecule has 0 saturated carbocycles. The molecule has 1 amide bonds. The van der Waals surface area contributed by atoms with Gasteiger partial charge in [-0.3, -0.25) is 4.79 Å². The average molecular weight is 426 g/mol. The number of rotatable bonds is 5. The fourth-order valence-electron chi connectivity index (χ4n) is 4.11. The zero-order valence-electron chi connectivity index (χ0n) is 16.5. The van der Waals surface area contributed by atoms with Crippen molar-refractivity contribution in [3.8, 4) is 11.6 Å². The highest BCUT2D eigenvalue weighted by molar-refractivity contribution is 7.97. The molecule has 0 aliphatic carbocycles. The molecule has 0 fully saturated rings. The predicted octanol–water partition coefficient (Wildman–Crippen LogP) is 2.09. The van der Waals surface area contributed by atoms with Crippen LogP contribution < -0.4 is 9.47 Å². The van der Waals surface area contributed by atoms with Crippen molar-refractivity contribution in [1.82, 2.24) is 14.2 Å². The molecule has 1 aromatic heterocycles. The number of pyridine rings is 1. The summed E-state index contributed by atoms with van der Waals surface area (Å²) in [5.74, 6) is 0.742. The van der Waals surface area contributed by atoms with E-state index < -0.39 is 5.92 Å². The van der Waals surface area contributed by atoms with Crippen LogP contribution in [0.25, 0.3) is 0 Å². The number of hydrogen-bond donors (Lipinski definition) is 1. The first-order valence-corrected chi connectivity index (χ1v) is 10.8. The van der Waals surface area contributed by atoms with Gasteiger partial charge in [0.05, 0.1) is 12.5 Å². The number of carbonyl (C=O) groups excluding carboxylic acids is 1. The summed E-state index contributed by atoms with van der Waals surface area (Å²) >= 11 is 1.65. The lowest BCUT2D eigenvalue weighted by atomic mass is 9.98. The summed E-state index contributed by atoms with van der Waals surface area (Å²) in [4.78, 5) is 20.2. The molecule has 0 radical (unpaired) electrons. The molecular weight excluding hydrogens is 402 g/mol. The molecule has 1 N–H and O–H groups in total. The zero-order valence-corrected chi connectivity index (χ0v) is 17.3. The SMILES string of the molecule is O=C([C@H](CO)c1ccccc1)N1CC2=C(CN(Sc3cnc4c(c3)OCCO4)C2)C1. The van der Waals surface area contributed by atoms with E-state index in [1.165, 1.54) is 11.1 Å². The van der Waals surface area contributed by atoms with Gasteiger partial charge in [-0.25, -0.2) is 9.29 Å². The van der Waals surface area contributed by atoms with Crippen LogP contribution in [0.4, 0.5) is 0 Å². The maximum atomic E-state index is 13.0. The van der Waals surface area contributed by atoms with Crippen molar-refractivity contribution >= 4 is 17.9 Å². The summed E-state index contributed by atoms with van der Waals surface area (Å²) in [6.45, 7) is 3.79. The second-order valence-corrected chi connectivity index (χ2v) is 8.78. The number of hydrogen-bond acceptors (Lipinski definition) is 7. The largest absolute Gasteiger partial charge is 0.484 e. The summed E-state index contributed by atoms with van der Waals surface area (Å²) in [5, 5.41) is 9.81. The Hall–Kier alpha value is -2.55. The molecule has 2 aromatic rings. The molecule has 0 bridgehead atoms. The highest BCUT2D eigenvalue weighted by Crippen LogP contribution is 2.37. The van der Waals surface area contributed by atoms with Gasteiger partial charge >= 0.3 is 0 Å². The van der Waals surface area contributed by atoms with Crippen LogP contribution in [0.3, 0.4) is 0 Å². The third-order valence-corrected chi connectivity index (χ3v) is 6.55. The first-order chi connectivity index (χ1) is 14.7. The van der Waals surface area contributed by atoms with Crippen molar-refractivity contribution in [1.29, 1.82) is 0 Å². The summed E-state index contributed by atoms with van der Waals surface area (Å²) in [7, 11) is 0. The van der Waals surface area contributed by atoms with Gasteiger partial charge in [0.1, 0.15) is 13.2 Å². The van der Waals surface area contributed by atoms with Gasteiger partial charge in [0, 0.05) is 43.3 Å². The quantitative estimate of drug-likeness (QED) is 0.581. The van der Waals surface area contributed by atoms with E-state index in [0.29, 0.717) is 37.9 Å². The standard InChI is InChI=1S/C22H23N3O4S/c26-14-19(15-4-2-1-3-5-15)22(27)24-10-16-12-25(13-17(16)11-24)30-18-8-20-21(23-9-18)29-7-6-28-20/h1-5,8-9,19,26H,6-7,10-14H2/t19-/m1/s1. The highest BCUT2D eigenvalue weighted by atomic mass is 32.2. The van der Waals surface area contributed by atoms with Crippen LogP contribution >= 0.6 is 11.9 Å². The minimum Gasteiger partial charge on any atom is -0.484 e. The Kier molecular flexibility index (Phi) is 5.37. The molecule has 4 heterocycles. The lowest BCUT2D eigenvalue weighted by Crippen LogP contribution is -2.37. The normalized spacial score (nSPS) is 19.2. The number of fused-ring (bicyclic) bond motifs is 1. The lowest BCUT2D eigenvalue weighted by Gasteiger charge is -2.25. The molecule has 0 unspecified atom stereocenters. The Balaban J connectivity index is 1.19. The van der Waals surface area contributed by atoms with Crippen LogP contribution in [0.1, 0.15) is 11.5 Å². The van der Waals surface area contributed by atoms with Gasteiger partial charge in [-0.1, -0.05) is 30.3 Å². The summed E-state index contributed by atoms with van der Waals surface area (Å²) < 4.78 is 13.4. The van der Waals surface area contributed by atoms with E-state index >= 15 is 0 Å². The number of benzene rings is 1. The van der Waals surface area contributed by atoms with E-state index in [2.05, 4.69) is 9.29 Å². The van der Waals surface area contributed by atoms with Gasteiger partial charge in [0.15, 0.2) is 5.75 Å². The number of nitrogens with zero attached hydrogens (tertiary/aromatic N) is 3. The first-order valence-electron chi connectivity index (χ1n) is 10.0. The highest BCUT2D eigenvalue weighted by Gasteiger charge is 2.35. The van der Waals surface area contributed by atoms with Crippen LogP contribution in [0.2, 0.25) is 0 Å². The smallest absolute Gasteiger partial charge is 0.257 e. The molecule has 7 nitrogen and oxygen atoms in total. The molecule has 5 rings (SSSR count). The van der Waals surface area contributed by atoms with E-state index in [1.54, 1.807) is 11.9 Å². The van der Waals surface area contributed by atoms with Gasteiger partial charge < -0.3 is 19.5 Å². The third kappa shape index (κ3) is 3.78. The number of ether oxygens (including phenoxy) is 2. The Morgan fingerprint density at radius 3 is 2.57 bits per heavy atom. The molecule has 3 aliphatic heterocycles. The molecule has 8 heteroatoms. The molecule has 1 atom stereocenters. The van der Waals surface area contributed by atoms with Crippen LogP contribution in [0.5, 0.6) is 11.6 Å². The fraction of sp³-hybridized carbons (Fsp3) is 0.364. The van der Waals surface area contributed by atoms with Crippen molar-refractivity contribution < 1.29 is 19.4 Å². The maximum Gasteiger partial charge on any atom is 0.257 e. The topological polar surface area (TPSA) is 75.1 Å². The van der Waals surface area contributed by atoms with Gasteiger partial charge in [0.25, 0.3) is 5.88 Å². The second kappa shape index (κ2) is 8.29. The molecule has 0 saturated heterocycles. The summed E-state index contributed by atoms with van der Waals surface area (Å²) in [6.07, 6.45) is 1.81. The lowest BCUT2D eigenvalue weighted by molar-refractivity contribution is -0.132. The van der Waals surface area contributed by atoms with Crippen LogP contribution in [-0.2, 0) is 4.79 Å². The molecule has 30 heavy (non-hydrogen) atoms. The number of aliphatic hydroxyl groups is 1. The van der Waals surface area contributed by atoms with Gasteiger partial charge in [-0.15, -0.1) is 0 Å². The van der Waals surface area contributed by atoms with Crippen molar-refractivity contribution in [2.75, 3.05) is 46.0 Å². The van der Waals surface area contributed by atoms with Gasteiger partial charge in [-0.2, -0.15) is 0 Å². The van der Waals surface area contributed by atoms with Crippen LogP contribution in [-0.4, -0.2) is 71.2 Å². The fourth-order valence-corrected chi connectivity index (χ4v) is 5.11. The van der Waals surface area contributed by atoms with Gasteiger partial charge in [0.2, 0.25) is 5.91 Å². The molecule has 3 aliphatic rings. The van der Waals surface area contributed by atoms with E-state index in [9.17, 15) is 9.90 Å². The molecule has 0 spiro atoms. The van der Waals surface area contributed by atoms with Crippen molar-refractivity contribution in [2.45, 2.75) is 10.8 Å². The van der Waals surface area contributed by atoms with E-state index in [4.69, 9.17) is 9.47 Å². The molecular formula is C22H23N3O4S. The number of aromatic nitrogens is 1. The van der Waals surface area contributed by atoms with Crippen molar-refractivity contribution in [2.24, 2.45) is 0 Å². The van der Waals surface area contributed by atoms with Crippen LogP contribution in [0.15, 0.2) is 58.6 Å². The summed E-state index contributed by atoms with van der Waals surface area (Å²) in [6, 6.07) is 11.5. The van der Waals surface area contributed by atoms with Gasteiger partial charge in [-0.05, 0) is 28.7 Å². The first kappa shape index (κ1) is 19.4. The van der Waals surface area contributed by atoms with Crippen molar-refractivity contribution in [3.05, 3.63) is 59.3 Å². The van der Waals surface area contributed by atoms with E-state index in [1.807, 2.05) is 47.5 Å². The van der Waals surface area contributed by atoms with Crippen LogP contribution in [0, 0.1) is 0 Å². The second-order valence-electron chi connectivity index (χ2n) is 7.61. The minimum atomic E-state index is -0.500. The maximum absolute atomic E-state index is 13.0. The monoisotopic (exact) mass is 425 g/mol. The van der Waals surface area contributed by atoms with Crippen molar-refractivity contribution in [3.63, 3.8) is 0 Å². The summed E-state index contributed by atoms with van der Waals surface area (Å²) in [5.41, 5.74) is 3.46. The zero-order chi connectivity index (χ0) is 20.5. The number of amides is 1. The number of aliphatic hydroxyl groups excluding tert-OH is 1. The predicted molar refractivity (Wildman–Crippen MR) is 113 cm³/mol. The van der Waals surface area contributed by atoms with E-state index in [-0.39, 0.29) is 12.5 Å². The Morgan fingerprint density at radius 1 is 1.10 bits per heavy atom. The number of carbonyl (C=O) groups is 1. The Morgan fingerprint density at radius 2 is 1.83 bits per heavy atom. The average Bonchev–Trinajstić information content (AvgIpc) is 3.33. The Bertz CT molecular complexity index is 964. The minimum absolute atomic E-state index is 0.00617. The third-order valence-electron chi connectivity index (χ3n) is 5.60. The molecule has 1 aromatic carbocycles. The Labute approximate surface area is 179 Å². The molecule has 156 valence electrons. The van der Waals surface area contributed by atoms with E-state index in [0.717, 1.165) is 23.5 Å².